The summed E-state index contributed by atoms with van der Waals surface area (Å²) < 4.78 is 0. The summed E-state index contributed by atoms with van der Waals surface area (Å²) in [6.07, 6.45) is 8.66. The first-order valence-electron chi connectivity index (χ1n) is 7.37. The zero-order valence-electron chi connectivity index (χ0n) is 11.1. The van der Waals surface area contributed by atoms with Crippen LogP contribution >= 0.6 is 12.4 Å². The molecule has 3 aliphatic rings. The Bertz CT molecular complexity index is 292. The predicted molar refractivity (Wildman–Crippen MR) is 74.9 cm³/mol. The Balaban J connectivity index is 0.00000120. The molecular formula is C14H25ClN2O. The number of likely N-dealkylation sites (tertiary alicyclic amines) is 1. The van der Waals surface area contributed by atoms with Crippen LogP contribution in [0.15, 0.2) is 0 Å². The lowest BCUT2D eigenvalue weighted by Gasteiger charge is -2.40. The van der Waals surface area contributed by atoms with Crippen molar-refractivity contribution in [3.05, 3.63) is 0 Å². The highest BCUT2D eigenvalue weighted by Gasteiger charge is 2.39. The molecule has 2 unspecified atom stereocenters. The molecule has 0 bridgehead atoms. The van der Waals surface area contributed by atoms with Crippen molar-refractivity contribution in [2.75, 3.05) is 19.6 Å². The van der Waals surface area contributed by atoms with Crippen LogP contribution in [0.2, 0.25) is 0 Å². The third kappa shape index (κ3) is 2.67. The number of carbonyl (C=O) groups is 1. The molecule has 104 valence electrons. The molecule has 4 heteroatoms. The van der Waals surface area contributed by atoms with E-state index < -0.39 is 0 Å². The Morgan fingerprint density at radius 1 is 1.00 bits per heavy atom. The zero-order chi connectivity index (χ0) is 11.7. The van der Waals surface area contributed by atoms with Gasteiger partial charge in [0.25, 0.3) is 0 Å². The fourth-order valence-corrected chi connectivity index (χ4v) is 4.03. The van der Waals surface area contributed by atoms with E-state index in [9.17, 15) is 4.79 Å². The maximum Gasteiger partial charge on any atom is 0.226 e. The van der Waals surface area contributed by atoms with Crippen LogP contribution in [0, 0.1) is 11.8 Å². The van der Waals surface area contributed by atoms with Gasteiger partial charge in [0.2, 0.25) is 5.91 Å². The summed E-state index contributed by atoms with van der Waals surface area (Å²) in [5.74, 6) is 1.62. The first kappa shape index (κ1) is 14.1. The van der Waals surface area contributed by atoms with Gasteiger partial charge in [-0.25, -0.2) is 0 Å². The van der Waals surface area contributed by atoms with Crippen LogP contribution < -0.4 is 5.32 Å². The van der Waals surface area contributed by atoms with Gasteiger partial charge in [-0.2, -0.15) is 0 Å². The fourth-order valence-electron chi connectivity index (χ4n) is 4.03. The normalized spacial score (nSPS) is 32.8. The third-order valence-electron chi connectivity index (χ3n) is 4.96. The van der Waals surface area contributed by atoms with Crippen molar-refractivity contribution in [2.24, 2.45) is 11.8 Å². The number of nitrogens with zero attached hydrogens (tertiary/aromatic N) is 1. The Kier molecular flexibility index (Phi) is 4.91. The second kappa shape index (κ2) is 6.25. The summed E-state index contributed by atoms with van der Waals surface area (Å²) in [5.41, 5.74) is 0. The van der Waals surface area contributed by atoms with Gasteiger partial charge in [-0.15, -0.1) is 12.4 Å². The van der Waals surface area contributed by atoms with Crippen molar-refractivity contribution in [3.8, 4) is 0 Å². The number of hydrogen-bond acceptors (Lipinski definition) is 2. The van der Waals surface area contributed by atoms with Crippen LogP contribution in [-0.4, -0.2) is 36.5 Å². The molecule has 0 aromatic rings. The van der Waals surface area contributed by atoms with Crippen molar-refractivity contribution < 1.29 is 4.79 Å². The maximum atomic E-state index is 12.6. The molecule has 0 spiro atoms. The van der Waals surface area contributed by atoms with E-state index in [-0.39, 0.29) is 12.4 Å². The van der Waals surface area contributed by atoms with Crippen molar-refractivity contribution in [1.29, 1.82) is 0 Å². The smallest absolute Gasteiger partial charge is 0.226 e. The molecule has 1 N–H and O–H groups in total. The second-order valence-corrected chi connectivity index (χ2v) is 5.96. The van der Waals surface area contributed by atoms with Gasteiger partial charge in [-0.1, -0.05) is 6.42 Å². The van der Waals surface area contributed by atoms with Crippen LogP contribution in [0.4, 0.5) is 0 Å². The van der Waals surface area contributed by atoms with Crippen molar-refractivity contribution in [2.45, 2.75) is 51.0 Å². The van der Waals surface area contributed by atoms with E-state index >= 15 is 0 Å². The number of amides is 1. The van der Waals surface area contributed by atoms with Gasteiger partial charge in [0.1, 0.15) is 0 Å². The predicted octanol–water partition coefficient (Wildman–Crippen LogP) is 2.20. The van der Waals surface area contributed by atoms with Crippen LogP contribution in [0.5, 0.6) is 0 Å². The summed E-state index contributed by atoms with van der Waals surface area (Å²) in [5, 5.41) is 3.35. The topological polar surface area (TPSA) is 32.3 Å². The number of carbonyl (C=O) groups excluding carboxylic acids is 1. The number of halogens is 1. The fraction of sp³-hybridized carbons (Fsp3) is 0.929. The number of rotatable bonds is 1. The van der Waals surface area contributed by atoms with Crippen LogP contribution in [0.3, 0.4) is 0 Å². The lowest BCUT2D eigenvalue weighted by Crippen LogP contribution is -2.50. The largest absolute Gasteiger partial charge is 0.339 e. The molecule has 3 fully saturated rings. The second-order valence-electron chi connectivity index (χ2n) is 5.96. The van der Waals surface area contributed by atoms with E-state index in [1.54, 1.807) is 0 Å². The first-order valence-corrected chi connectivity index (χ1v) is 7.37. The van der Waals surface area contributed by atoms with Gasteiger partial charge in [-0.3, -0.25) is 4.79 Å². The minimum Gasteiger partial charge on any atom is -0.339 e. The van der Waals surface area contributed by atoms with Gasteiger partial charge >= 0.3 is 0 Å². The molecular weight excluding hydrogens is 248 g/mol. The van der Waals surface area contributed by atoms with Crippen LogP contribution in [-0.2, 0) is 4.79 Å². The third-order valence-corrected chi connectivity index (χ3v) is 4.96. The molecule has 2 atom stereocenters. The molecule has 3 nitrogen and oxygen atoms in total. The number of piperidine rings is 2. The van der Waals surface area contributed by atoms with Gasteiger partial charge in [0.15, 0.2) is 0 Å². The van der Waals surface area contributed by atoms with E-state index in [0.29, 0.717) is 17.9 Å². The minimum atomic E-state index is 0. The molecule has 18 heavy (non-hydrogen) atoms. The number of hydrogen-bond donors (Lipinski definition) is 1. The van der Waals surface area contributed by atoms with E-state index in [1.165, 1.54) is 32.1 Å². The highest BCUT2D eigenvalue weighted by molar-refractivity contribution is 5.85. The Morgan fingerprint density at radius 2 is 1.72 bits per heavy atom. The lowest BCUT2D eigenvalue weighted by molar-refractivity contribution is -0.141. The molecule has 0 radical (unpaired) electrons. The molecule has 2 aliphatic heterocycles. The molecule has 0 aromatic heterocycles. The van der Waals surface area contributed by atoms with Crippen molar-refractivity contribution in [3.63, 3.8) is 0 Å². The Hall–Kier alpha value is -0.280. The van der Waals surface area contributed by atoms with E-state index in [1.807, 2.05) is 0 Å². The van der Waals surface area contributed by atoms with Crippen molar-refractivity contribution in [1.82, 2.24) is 10.2 Å². The standard InChI is InChI=1S/C14H24N2O.ClH/c17-14(12-6-8-15-9-7-12)16-10-2-4-11-3-1-5-13(11)16;/h11-13,15H,1-10H2;1H. The van der Waals surface area contributed by atoms with Crippen LogP contribution in [0.25, 0.3) is 0 Å². The van der Waals surface area contributed by atoms with Gasteiger partial charge < -0.3 is 10.2 Å². The highest BCUT2D eigenvalue weighted by atomic mass is 35.5. The average Bonchev–Trinajstić information content (AvgIpc) is 2.87. The van der Waals surface area contributed by atoms with Gasteiger partial charge in [-0.05, 0) is 57.5 Å². The number of fused-ring (bicyclic) bond motifs is 1. The zero-order valence-corrected chi connectivity index (χ0v) is 11.9. The SMILES string of the molecule is Cl.O=C(C1CCNCC1)N1CCCC2CCCC21. The molecule has 1 amide bonds. The molecule has 2 saturated heterocycles. The summed E-state index contributed by atoms with van der Waals surface area (Å²) >= 11 is 0. The minimum absolute atomic E-state index is 0. The van der Waals surface area contributed by atoms with Gasteiger partial charge in [0, 0.05) is 18.5 Å². The molecule has 0 aromatic carbocycles. The molecule has 1 aliphatic carbocycles. The average molecular weight is 273 g/mol. The van der Waals surface area contributed by atoms with Crippen molar-refractivity contribution >= 4 is 18.3 Å². The van der Waals surface area contributed by atoms with E-state index in [2.05, 4.69) is 10.2 Å². The molecule has 3 rings (SSSR count). The lowest BCUT2D eigenvalue weighted by atomic mass is 9.89. The summed E-state index contributed by atoms with van der Waals surface area (Å²) in [7, 11) is 0. The monoisotopic (exact) mass is 272 g/mol. The highest BCUT2D eigenvalue weighted by Crippen LogP contribution is 2.37. The molecule has 2 heterocycles. The number of nitrogens with one attached hydrogen (secondary N) is 1. The summed E-state index contributed by atoms with van der Waals surface area (Å²) in [6.45, 7) is 3.08. The van der Waals surface area contributed by atoms with E-state index in [4.69, 9.17) is 0 Å². The maximum absolute atomic E-state index is 12.6. The quantitative estimate of drug-likeness (QED) is 0.794. The van der Waals surface area contributed by atoms with Crippen LogP contribution in [0.1, 0.15) is 44.9 Å². The summed E-state index contributed by atoms with van der Waals surface area (Å²) in [4.78, 5) is 14.9. The Labute approximate surface area is 116 Å². The Morgan fingerprint density at radius 3 is 2.50 bits per heavy atom. The molecule has 1 saturated carbocycles. The van der Waals surface area contributed by atoms with E-state index in [0.717, 1.165) is 38.4 Å². The van der Waals surface area contributed by atoms with Gasteiger partial charge in [0.05, 0.1) is 0 Å². The summed E-state index contributed by atoms with van der Waals surface area (Å²) in [6, 6.07) is 0.603. The first-order chi connectivity index (χ1) is 8.36.